The molecular formula is C13H14N2O3. The van der Waals surface area contributed by atoms with Crippen molar-refractivity contribution < 1.29 is 14.3 Å². The van der Waals surface area contributed by atoms with E-state index >= 15 is 0 Å². The number of anilines is 1. The predicted molar refractivity (Wildman–Crippen MR) is 65.6 cm³/mol. The zero-order valence-corrected chi connectivity index (χ0v) is 10.3. The first-order valence-corrected chi connectivity index (χ1v) is 5.61. The van der Waals surface area contributed by atoms with Gasteiger partial charge in [0.15, 0.2) is 0 Å². The molecule has 1 amide bonds. The van der Waals surface area contributed by atoms with Crippen LogP contribution in [0.3, 0.4) is 0 Å². The molecule has 2 rings (SSSR count). The molecule has 1 fully saturated rings. The zero-order valence-electron chi connectivity index (χ0n) is 10.3. The molecule has 1 saturated heterocycles. The summed E-state index contributed by atoms with van der Waals surface area (Å²) in [7, 11) is 3.11. The lowest BCUT2D eigenvalue weighted by atomic mass is 10.1. The molecule has 1 unspecified atom stereocenters. The normalized spacial score (nSPS) is 18.6. The summed E-state index contributed by atoms with van der Waals surface area (Å²) in [6.07, 6.45) is 0.270. The minimum absolute atomic E-state index is 0.0509. The maximum absolute atomic E-state index is 11.9. The third-order valence-electron chi connectivity index (χ3n) is 2.99. The lowest BCUT2D eigenvalue weighted by Crippen LogP contribution is -2.24. The number of hydrogen-bond acceptors (Lipinski definition) is 4. The maximum atomic E-state index is 11.9. The second-order valence-corrected chi connectivity index (χ2v) is 4.07. The van der Waals surface area contributed by atoms with Crippen molar-refractivity contribution in [2.45, 2.75) is 6.42 Å². The van der Waals surface area contributed by atoms with Gasteiger partial charge in [0, 0.05) is 19.0 Å². The summed E-state index contributed by atoms with van der Waals surface area (Å²) in [4.78, 5) is 13.4. The molecule has 1 aromatic carbocycles. The average Bonchev–Trinajstić information content (AvgIpc) is 2.79. The quantitative estimate of drug-likeness (QED) is 0.812. The van der Waals surface area contributed by atoms with E-state index in [1.807, 2.05) is 0 Å². The lowest BCUT2D eigenvalue weighted by Gasteiger charge is -2.19. The summed E-state index contributed by atoms with van der Waals surface area (Å²) in [6.45, 7) is 0.415. The van der Waals surface area contributed by atoms with Crippen LogP contribution in [0, 0.1) is 17.2 Å². The number of carbonyl (C=O) groups excluding carboxylic acids is 1. The van der Waals surface area contributed by atoms with Crippen molar-refractivity contribution in [1.82, 2.24) is 0 Å². The van der Waals surface area contributed by atoms with Crippen LogP contribution in [0.1, 0.15) is 6.42 Å². The molecule has 18 heavy (non-hydrogen) atoms. The molecule has 1 atom stereocenters. The van der Waals surface area contributed by atoms with Crippen LogP contribution in [0.5, 0.6) is 11.5 Å². The largest absolute Gasteiger partial charge is 0.497 e. The molecule has 0 N–H and O–H groups in total. The molecule has 1 aliphatic rings. The molecule has 1 aromatic rings. The molecular weight excluding hydrogens is 232 g/mol. The highest BCUT2D eigenvalue weighted by atomic mass is 16.5. The number of nitriles is 1. The van der Waals surface area contributed by atoms with E-state index in [-0.39, 0.29) is 18.2 Å². The number of methoxy groups -OCH3 is 2. The van der Waals surface area contributed by atoms with Crippen molar-refractivity contribution >= 4 is 11.6 Å². The molecule has 1 heterocycles. The third-order valence-corrected chi connectivity index (χ3v) is 2.99. The maximum Gasteiger partial charge on any atom is 0.228 e. The fourth-order valence-corrected chi connectivity index (χ4v) is 2.03. The Kier molecular flexibility index (Phi) is 3.38. The van der Waals surface area contributed by atoms with Gasteiger partial charge in [0.05, 0.1) is 31.9 Å². The number of nitrogens with zero attached hydrogens (tertiary/aromatic N) is 2. The average molecular weight is 246 g/mol. The van der Waals surface area contributed by atoms with Gasteiger partial charge in [-0.25, -0.2) is 0 Å². The van der Waals surface area contributed by atoms with Crippen LogP contribution in [-0.4, -0.2) is 26.7 Å². The van der Waals surface area contributed by atoms with Gasteiger partial charge in [-0.1, -0.05) is 0 Å². The number of carbonyl (C=O) groups is 1. The number of amides is 1. The highest BCUT2D eigenvalue weighted by molar-refractivity contribution is 5.97. The minimum atomic E-state index is -0.246. The number of rotatable bonds is 3. The van der Waals surface area contributed by atoms with E-state index in [1.165, 1.54) is 0 Å². The van der Waals surface area contributed by atoms with E-state index in [0.717, 1.165) is 0 Å². The van der Waals surface area contributed by atoms with E-state index in [2.05, 4.69) is 6.07 Å². The summed E-state index contributed by atoms with van der Waals surface area (Å²) in [5, 5.41) is 8.88. The van der Waals surface area contributed by atoms with E-state index < -0.39 is 0 Å². The molecule has 0 spiro atoms. The molecule has 5 heteroatoms. The molecule has 0 saturated carbocycles. The van der Waals surface area contributed by atoms with Crippen molar-refractivity contribution in [3.05, 3.63) is 18.2 Å². The smallest absolute Gasteiger partial charge is 0.228 e. The molecule has 0 aliphatic carbocycles. The Morgan fingerprint density at radius 2 is 2.17 bits per heavy atom. The summed E-state index contributed by atoms with van der Waals surface area (Å²) in [5.74, 6) is 0.940. The van der Waals surface area contributed by atoms with E-state index in [0.29, 0.717) is 23.7 Å². The van der Waals surface area contributed by atoms with Gasteiger partial charge in [-0.2, -0.15) is 5.26 Å². The van der Waals surface area contributed by atoms with Gasteiger partial charge in [-0.05, 0) is 12.1 Å². The standard InChI is InChI=1S/C13H14N2O3/c1-17-10-3-4-11(12(6-10)18-2)15-8-9(7-14)5-13(15)16/h3-4,6,9H,5,8H2,1-2H3. The molecule has 0 aromatic heterocycles. The van der Waals surface area contributed by atoms with Crippen molar-refractivity contribution in [1.29, 1.82) is 5.26 Å². The first-order chi connectivity index (χ1) is 8.69. The molecule has 0 radical (unpaired) electrons. The zero-order chi connectivity index (χ0) is 13.1. The predicted octanol–water partition coefficient (Wildman–Crippen LogP) is 1.58. The Morgan fingerprint density at radius 1 is 1.39 bits per heavy atom. The summed E-state index contributed by atoms with van der Waals surface area (Å²) in [5.41, 5.74) is 0.682. The van der Waals surface area contributed by atoms with Crippen molar-refractivity contribution in [3.8, 4) is 17.6 Å². The van der Waals surface area contributed by atoms with Crippen molar-refractivity contribution in [2.75, 3.05) is 25.7 Å². The van der Waals surface area contributed by atoms with Gasteiger partial charge < -0.3 is 14.4 Å². The highest BCUT2D eigenvalue weighted by Crippen LogP contribution is 2.35. The van der Waals surface area contributed by atoms with Gasteiger partial charge in [-0.3, -0.25) is 4.79 Å². The molecule has 0 bridgehead atoms. The van der Waals surface area contributed by atoms with Crippen LogP contribution >= 0.6 is 0 Å². The van der Waals surface area contributed by atoms with Gasteiger partial charge >= 0.3 is 0 Å². The van der Waals surface area contributed by atoms with Crippen molar-refractivity contribution in [3.63, 3.8) is 0 Å². The molecule has 94 valence electrons. The Morgan fingerprint density at radius 3 is 2.72 bits per heavy atom. The number of ether oxygens (including phenoxy) is 2. The lowest BCUT2D eigenvalue weighted by molar-refractivity contribution is -0.117. The first-order valence-electron chi connectivity index (χ1n) is 5.61. The van der Waals surface area contributed by atoms with Crippen molar-refractivity contribution in [2.24, 2.45) is 5.92 Å². The van der Waals surface area contributed by atoms with Crippen LogP contribution < -0.4 is 14.4 Å². The SMILES string of the molecule is COc1ccc(N2CC(C#N)CC2=O)c(OC)c1. The second-order valence-electron chi connectivity index (χ2n) is 4.07. The van der Waals surface area contributed by atoms with Crippen LogP contribution in [0.25, 0.3) is 0 Å². The van der Waals surface area contributed by atoms with Crippen LogP contribution in [0.2, 0.25) is 0 Å². The first kappa shape index (κ1) is 12.2. The Labute approximate surface area is 106 Å². The monoisotopic (exact) mass is 246 g/mol. The molecule has 1 aliphatic heterocycles. The summed E-state index contributed by atoms with van der Waals surface area (Å²) < 4.78 is 10.4. The Bertz CT molecular complexity index is 507. The topological polar surface area (TPSA) is 62.6 Å². The Hall–Kier alpha value is -2.22. The van der Waals surface area contributed by atoms with Gasteiger partial charge in [0.2, 0.25) is 5.91 Å². The van der Waals surface area contributed by atoms with Crippen LogP contribution in [-0.2, 0) is 4.79 Å². The van der Waals surface area contributed by atoms with Gasteiger partial charge in [0.1, 0.15) is 11.5 Å². The van der Waals surface area contributed by atoms with Gasteiger partial charge in [-0.15, -0.1) is 0 Å². The summed E-state index contributed by atoms with van der Waals surface area (Å²) in [6, 6.07) is 7.39. The fourth-order valence-electron chi connectivity index (χ4n) is 2.03. The number of hydrogen-bond donors (Lipinski definition) is 0. The van der Waals surface area contributed by atoms with Gasteiger partial charge in [0.25, 0.3) is 0 Å². The highest BCUT2D eigenvalue weighted by Gasteiger charge is 2.32. The van der Waals surface area contributed by atoms with Crippen LogP contribution in [0.15, 0.2) is 18.2 Å². The third kappa shape index (κ3) is 2.09. The minimum Gasteiger partial charge on any atom is -0.497 e. The van der Waals surface area contributed by atoms with E-state index in [4.69, 9.17) is 14.7 Å². The van der Waals surface area contributed by atoms with E-state index in [9.17, 15) is 4.79 Å². The number of benzene rings is 1. The van der Waals surface area contributed by atoms with E-state index in [1.54, 1.807) is 37.3 Å². The summed E-state index contributed by atoms with van der Waals surface area (Å²) >= 11 is 0. The molecule has 5 nitrogen and oxygen atoms in total. The Balaban J connectivity index is 2.34. The van der Waals surface area contributed by atoms with Crippen LogP contribution in [0.4, 0.5) is 5.69 Å². The second kappa shape index (κ2) is 4.96. The fraction of sp³-hybridized carbons (Fsp3) is 0.385.